The lowest BCUT2D eigenvalue weighted by Crippen LogP contribution is -2.10. The van der Waals surface area contributed by atoms with Gasteiger partial charge in [-0.15, -0.1) is 15.0 Å². The first-order valence-electron chi connectivity index (χ1n) is 8.95. The highest BCUT2D eigenvalue weighted by molar-refractivity contribution is 7.87. The summed E-state index contributed by atoms with van der Waals surface area (Å²) >= 11 is 0. The fraction of sp³-hybridized carbons (Fsp3) is 0. The predicted octanol–water partition coefficient (Wildman–Crippen LogP) is 0.143. The van der Waals surface area contributed by atoms with Crippen LogP contribution in [-0.2, 0) is 40.5 Å². The molecule has 0 fully saturated rings. The third-order valence-corrected chi connectivity index (χ3v) is 8.34. The lowest BCUT2D eigenvalue weighted by Gasteiger charge is -2.12. The molecule has 0 bridgehead atoms. The molecule has 192 valence electrons. The average molecular weight is 581 g/mol. The molecule has 0 aliphatic carbocycles. The number of fused-ring (bicyclic) bond motifs is 2. The second-order valence-electron chi connectivity index (χ2n) is 7.23. The minimum absolute atomic E-state index is 0.113. The number of hydrogen-bond acceptors (Lipinski definition) is 11. The Morgan fingerprint density at radius 2 is 1.14 bits per heavy atom. The van der Waals surface area contributed by atoms with Crippen molar-refractivity contribution < 1.29 is 51.9 Å². The Hall–Kier alpha value is -3.24. The van der Waals surface area contributed by atoms with E-state index in [9.17, 15) is 51.9 Å². The van der Waals surface area contributed by atoms with Crippen molar-refractivity contribution in [3.05, 3.63) is 36.4 Å². The highest BCUT2D eigenvalue weighted by Gasteiger charge is 2.26. The van der Waals surface area contributed by atoms with Gasteiger partial charge in [-0.25, -0.2) is 0 Å². The maximum atomic E-state index is 12.1. The number of rotatable bonds is 5. The molecule has 0 aliphatic rings. The van der Waals surface area contributed by atoms with Crippen molar-refractivity contribution >= 4 is 68.0 Å². The maximum absolute atomic E-state index is 12.1. The Balaban J connectivity index is 2.15. The Labute approximate surface area is 202 Å². The summed E-state index contributed by atoms with van der Waals surface area (Å²) in [5.74, 6) is 0. The predicted molar refractivity (Wildman–Crippen MR) is 120 cm³/mol. The van der Waals surface area contributed by atoms with Crippen molar-refractivity contribution in [1.82, 2.24) is 15.0 Å². The normalized spacial score (nSPS) is 13.4. The molecule has 4 rings (SSSR count). The number of aromatic nitrogens is 3. The van der Waals surface area contributed by atoms with Crippen LogP contribution < -0.4 is 5.73 Å². The minimum Gasteiger partial charge on any atom is -0.398 e. The number of nitrogen functional groups attached to an aromatic ring is 1. The van der Waals surface area contributed by atoms with Gasteiger partial charge in [-0.1, -0.05) is 0 Å². The minimum atomic E-state index is -5.16. The average Bonchev–Trinajstić information content (AvgIpc) is 3.11. The van der Waals surface area contributed by atoms with Crippen LogP contribution >= 0.6 is 0 Å². The summed E-state index contributed by atoms with van der Waals surface area (Å²) in [5, 5.41) is 6.88. The first-order valence-corrected chi connectivity index (χ1v) is 14.7. The molecule has 0 radical (unpaired) electrons. The van der Waals surface area contributed by atoms with Crippen LogP contribution in [-0.4, -0.2) is 66.9 Å². The van der Waals surface area contributed by atoms with E-state index < -0.39 is 82.2 Å². The Morgan fingerprint density at radius 1 is 0.611 bits per heavy atom. The summed E-state index contributed by atoms with van der Waals surface area (Å²) in [6.07, 6.45) is 0. The molecule has 1 heterocycles. The first-order chi connectivity index (χ1) is 16.3. The van der Waals surface area contributed by atoms with Crippen LogP contribution in [0.5, 0.6) is 0 Å². The SMILES string of the molecule is Nc1cc2nn(-c3cc4c(S(=O)(=O)O)cc(S(=O)(=O)O)cc4cc3S(=O)(=O)O)nc2cc1S(=O)(=O)O. The largest absolute Gasteiger partial charge is 0.398 e. The van der Waals surface area contributed by atoms with E-state index >= 15 is 0 Å². The van der Waals surface area contributed by atoms with Crippen molar-refractivity contribution in [2.24, 2.45) is 0 Å². The molecule has 0 amide bonds. The molecule has 1 aromatic heterocycles. The van der Waals surface area contributed by atoms with E-state index in [1.54, 1.807) is 0 Å². The van der Waals surface area contributed by atoms with Gasteiger partial charge < -0.3 is 5.73 Å². The van der Waals surface area contributed by atoms with E-state index in [-0.39, 0.29) is 11.0 Å². The van der Waals surface area contributed by atoms with Gasteiger partial charge in [0, 0.05) is 5.39 Å². The number of nitrogens with zero attached hydrogens (tertiary/aromatic N) is 3. The molecule has 0 unspecified atom stereocenters. The molecule has 0 saturated heterocycles. The summed E-state index contributed by atoms with van der Waals surface area (Å²) in [5.41, 5.74) is 4.21. The van der Waals surface area contributed by atoms with Gasteiger partial charge in [-0.2, -0.15) is 33.7 Å². The molecule has 36 heavy (non-hydrogen) atoms. The number of anilines is 1. The van der Waals surface area contributed by atoms with Gasteiger partial charge >= 0.3 is 0 Å². The smallest absolute Gasteiger partial charge is 0.296 e. The summed E-state index contributed by atoms with van der Waals surface area (Å²) in [7, 11) is -20.1. The van der Waals surface area contributed by atoms with E-state index in [1.807, 2.05) is 0 Å². The fourth-order valence-corrected chi connectivity index (χ4v) is 5.98. The number of hydrogen-bond donors (Lipinski definition) is 5. The van der Waals surface area contributed by atoms with Crippen LogP contribution in [0.1, 0.15) is 0 Å². The van der Waals surface area contributed by atoms with Crippen LogP contribution in [0.2, 0.25) is 0 Å². The third kappa shape index (κ3) is 4.62. The van der Waals surface area contributed by atoms with E-state index in [4.69, 9.17) is 5.73 Å². The van der Waals surface area contributed by atoms with E-state index in [2.05, 4.69) is 10.2 Å². The van der Waals surface area contributed by atoms with Crippen molar-refractivity contribution in [2.45, 2.75) is 19.6 Å². The van der Waals surface area contributed by atoms with Crippen molar-refractivity contribution in [3.8, 4) is 5.69 Å². The second kappa shape index (κ2) is 7.88. The van der Waals surface area contributed by atoms with Crippen LogP contribution in [0.3, 0.4) is 0 Å². The zero-order chi connectivity index (χ0) is 27.0. The molecule has 4 aromatic rings. The highest BCUT2D eigenvalue weighted by atomic mass is 32.2. The van der Waals surface area contributed by atoms with Gasteiger partial charge in [0.05, 0.1) is 10.6 Å². The molecule has 20 heteroatoms. The van der Waals surface area contributed by atoms with Gasteiger partial charge in [0.15, 0.2) is 0 Å². The standard InChI is InChI=1S/C16H12N4O12S4/c17-10-5-11-12(6-15(10)35(27,28)29)19-20(18-11)13-4-9-7(2-16(13)36(30,31)32)1-8(33(21,22)23)3-14(9)34(24,25)26/h1-6H,17H2,(H,21,22,23)(H,24,25,26)(H,27,28,29)(H,30,31,32). The molecule has 16 nitrogen and oxygen atoms in total. The molecule has 0 atom stereocenters. The van der Waals surface area contributed by atoms with Crippen LogP contribution in [0.25, 0.3) is 27.5 Å². The van der Waals surface area contributed by atoms with Crippen LogP contribution in [0, 0.1) is 0 Å². The summed E-state index contributed by atoms with van der Waals surface area (Å²) in [6, 6.07) is 4.31. The Kier molecular flexibility index (Phi) is 5.66. The molecule has 6 N–H and O–H groups in total. The zero-order valence-corrected chi connectivity index (χ0v) is 20.3. The van der Waals surface area contributed by atoms with E-state index in [0.717, 1.165) is 18.2 Å². The van der Waals surface area contributed by atoms with Gasteiger partial charge in [-0.05, 0) is 41.8 Å². The van der Waals surface area contributed by atoms with E-state index in [1.165, 1.54) is 0 Å². The lowest BCUT2D eigenvalue weighted by atomic mass is 10.1. The van der Waals surface area contributed by atoms with Gasteiger partial charge in [0.2, 0.25) is 0 Å². The molecule has 0 spiro atoms. The molecular formula is C16H12N4O12S4. The van der Waals surface area contributed by atoms with Crippen LogP contribution in [0.15, 0.2) is 56.0 Å². The van der Waals surface area contributed by atoms with Crippen molar-refractivity contribution in [3.63, 3.8) is 0 Å². The molecule has 0 saturated carbocycles. The Bertz CT molecular complexity index is 2050. The lowest BCUT2D eigenvalue weighted by molar-refractivity contribution is 0.479. The highest BCUT2D eigenvalue weighted by Crippen LogP contribution is 2.33. The Morgan fingerprint density at radius 3 is 1.64 bits per heavy atom. The van der Waals surface area contributed by atoms with E-state index in [0.29, 0.717) is 23.0 Å². The molecule has 3 aromatic carbocycles. The van der Waals surface area contributed by atoms with Gasteiger partial charge in [0.25, 0.3) is 40.5 Å². The topological polar surface area (TPSA) is 274 Å². The summed E-state index contributed by atoms with van der Waals surface area (Å²) in [6.45, 7) is 0. The fourth-order valence-electron chi connectivity index (χ4n) is 3.34. The molecule has 0 aliphatic heterocycles. The number of benzene rings is 3. The van der Waals surface area contributed by atoms with Crippen molar-refractivity contribution in [1.29, 1.82) is 0 Å². The first kappa shape index (κ1) is 25.8. The number of nitrogens with two attached hydrogens (primary N) is 1. The zero-order valence-electron chi connectivity index (χ0n) is 17.1. The summed E-state index contributed by atoms with van der Waals surface area (Å²) < 4.78 is 132. The van der Waals surface area contributed by atoms with Crippen LogP contribution in [0.4, 0.5) is 5.69 Å². The molecular weight excluding hydrogens is 568 g/mol. The third-order valence-electron chi connectivity index (χ3n) is 4.83. The maximum Gasteiger partial charge on any atom is 0.296 e. The van der Waals surface area contributed by atoms with Gasteiger partial charge in [-0.3, -0.25) is 18.2 Å². The monoisotopic (exact) mass is 580 g/mol. The van der Waals surface area contributed by atoms with Crippen molar-refractivity contribution in [2.75, 3.05) is 5.73 Å². The quantitative estimate of drug-likeness (QED) is 0.155. The van der Waals surface area contributed by atoms with Gasteiger partial charge in [0.1, 0.15) is 31.4 Å². The second-order valence-corrected chi connectivity index (χ2v) is 12.8. The summed E-state index contributed by atoms with van der Waals surface area (Å²) in [4.78, 5) is -3.20.